The first-order chi connectivity index (χ1) is 11.5. The first-order valence-corrected chi connectivity index (χ1v) is 7.38. The smallest absolute Gasteiger partial charge is 0.327 e. The molecule has 0 amide bonds. The van der Waals surface area contributed by atoms with Gasteiger partial charge in [-0.3, -0.25) is 9.08 Å². The quantitative estimate of drug-likeness (QED) is 0.766. The Morgan fingerprint density at radius 2 is 2.12 bits per heavy atom. The lowest BCUT2D eigenvalue weighted by Crippen LogP contribution is -2.24. The second-order valence-electron chi connectivity index (χ2n) is 5.24. The lowest BCUT2D eigenvalue weighted by molar-refractivity contribution is 0.400. The Labute approximate surface area is 135 Å². The summed E-state index contributed by atoms with van der Waals surface area (Å²) in [5.74, 6) is 0. The number of nitrogens with zero attached hydrogens (tertiary/aromatic N) is 5. The highest BCUT2D eigenvalue weighted by atomic mass is 19.3. The summed E-state index contributed by atoms with van der Waals surface area (Å²) in [6, 6.07) is 3.47. The Morgan fingerprint density at radius 1 is 1.33 bits per heavy atom. The van der Waals surface area contributed by atoms with E-state index in [1.807, 2.05) is 13.1 Å². The maximum absolute atomic E-state index is 12.7. The van der Waals surface area contributed by atoms with Gasteiger partial charge in [0.2, 0.25) is 0 Å². The fourth-order valence-electron chi connectivity index (χ4n) is 2.37. The summed E-state index contributed by atoms with van der Waals surface area (Å²) in [6.07, 6.45) is 3.29. The summed E-state index contributed by atoms with van der Waals surface area (Å²) in [5.41, 5.74) is 6.58. The van der Waals surface area contributed by atoms with Crippen LogP contribution >= 0.6 is 0 Å². The number of nitrogens with two attached hydrogens (primary N) is 1. The van der Waals surface area contributed by atoms with E-state index in [4.69, 9.17) is 5.73 Å². The maximum atomic E-state index is 12.7. The van der Waals surface area contributed by atoms with Crippen molar-refractivity contribution < 1.29 is 8.78 Å². The van der Waals surface area contributed by atoms with Crippen LogP contribution in [0.25, 0.3) is 16.8 Å². The van der Waals surface area contributed by atoms with E-state index in [2.05, 4.69) is 10.2 Å². The topological polar surface area (TPSA) is 83.1 Å². The Morgan fingerprint density at radius 3 is 2.75 bits per heavy atom. The lowest BCUT2D eigenvalue weighted by Gasteiger charge is -2.01. The third-order valence-electron chi connectivity index (χ3n) is 3.73. The first kappa shape index (κ1) is 16.1. The van der Waals surface area contributed by atoms with Crippen LogP contribution in [0.5, 0.6) is 0 Å². The van der Waals surface area contributed by atoms with Gasteiger partial charge in [-0.1, -0.05) is 0 Å². The number of aromatic nitrogens is 5. The summed E-state index contributed by atoms with van der Waals surface area (Å²) in [5, 5.41) is 8.32. The average Bonchev–Trinajstić information content (AvgIpc) is 3.17. The molecule has 0 saturated heterocycles. The van der Waals surface area contributed by atoms with Crippen molar-refractivity contribution in [2.24, 2.45) is 5.73 Å². The fourth-order valence-corrected chi connectivity index (χ4v) is 2.37. The molecule has 3 rings (SSSR count). The van der Waals surface area contributed by atoms with Gasteiger partial charge in [0.1, 0.15) is 0 Å². The van der Waals surface area contributed by atoms with Crippen LogP contribution in [0.2, 0.25) is 0 Å². The highest BCUT2D eigenvalue weighted by Crippen LogP contribution is 2.19. The third-order valence-corrected chi connectivity index (χ3v) is 3.73. The van der Waals surface area contributed by atoms with Gasteiger partial charge in [-0.2, -0.15) is 13.9 Å². The van der Waals surface area contributed by atoms with Crippen LogP contribution in [0.1, 0.15) is 6.92 Å². The van der Waals surface area contributed by atoms with Crippen LogP contribution in [0, 0.1) is 0 Å². The van der Waals surface area contributed by atoms with Crippen molar-refractivity contribution >= 4 is 5.65 Å². The molecule has 0 aliphatic heterocycles. The number of rotatable bonds is 5. The molecule has 3 heterocycles. The Hall–Kier alpha value is -2.81. The minimum atomic E-state index is -1.88. The molecule has 0 spiro atoms. The van der Waals surface area contributed by atoms with Gasteiger partial charge in [-0.05, 0) is 24.6 Å². The molecule has 3 aromatic rings. The first-order valence-electron chi connectivity index (χ1n) is 7.38. The molecule has 0 aromatic carbocycles. The highest BCUT2D eigenvalue weighted by Gasteiger charge is 2.12. The standard InChI is InChI=1S/C15H16F2N6O/c1-2-21-8-12(7-19-21)10-3-4-22-13(5-10)20-23(15(22)24)9-11(6-18)14(16)17/h3-5,7-8H,2,6,9,18H2,1H3. The van der Waals surface area contributed by atoms with Gasteiger partial charge >= 0.3 is 5.69 Å². The predicted octanol–water partition coefficient (Wildman–Crippen LogP) is 1.49. The van der Waals surface area contributed by atoms with Gasteiger partial charge in [-0.25, -0.2) is 9.48 Å². The molecular formula is C15H16F2N6O. The minimum Gasteiger partial charge on any atom is -0.327 e. The van der Waals surface area contributed by atoms with Gasteiger partial charge in [0, 0.05) is 36.6 Å². The van der Waals surface area contributed by atoms with E-state index in [1.165, 1.54) is 4.40 Å². The van der Waals surface area contributed by atoms with E-state index in [-0.39, 0.29) is 18.7 Å². The molecular weight excluding hydrogens is 318 g/mol. The SMILES string of the molecule is CCn1cc(-c2ccn3c(=O)n(CC(CN)=C(F)F)nc3c2)cn1. The second-order valence-corrected chi connectivity index (χ2v) is 5.24. The van der Waals surface area contributed by atoms with E-state index in [0.717, 1.165) is 22.4 Å². The monoisotopic (exact) mass is 334 g/mol. The predicted molar refractivity (Wildman–Crippen MR) is 84.6 cm³/mol. The van der Waals surface area contributed by atoms with Crippen molar-refractivity contribution in [2.75, 3.05) is 6.54 Å². The van der Waals surface area contributed by atoms with E-state index in [0.29, 0.717) is 5.65 Å². The van der Waals surface area contributed by atoms with Crippen molar-refractivity contribution in [3.05, 3.63) is 52.9 Å². The summed E-state index contributed by atoms with van der Waals surface area (Å²) < 4.78 is 29.5. The lowest BCUT2D eigenvalue weighted by atomic mass is 10.1. The Balaban J connectivity index is 2.02. The second kappa shape index (κ2) is 6.36. The van der Waals surface area contributed by atoms with Crippen LogP contribution in [0.15, 0.2) is 47.2 Å². The van der Waals surface area contributed by atoms with Crippen molar-refractivity contribution in [3.8, 4) is 11.1 Å². The van der Waals surface area contributed by atoms with Gasteiger partial charge in [-0.15, -0.1) is 5.10 Å². The number of halogens is 2. The van der Waals surface area contributed by atoms with E-state index >= 15 is 0 Å². The zero-order chi connectivity index (χ0) is 17.3. The summed E-state index contributed by atoms with van der Waals surface area (Å²) >= 11 is 0. The normalized spacial score (nSPS) is 11.2. The zero-order valence-electron chi connectivity index (χ0n) is 13.0. The highest BCUT2D eigenvalue weighted by molar-refractivity contribution is 5.65. The molecule has 0 aliphatic carbocycles. The molecule has 126 valence electrons. The fraction of sp³-hybridized carbons (Fsp3) is 0.267. The van der Waals surface area contributed by atoms with E-state index < -0.39 is 11.8 Å². The van der Waals surface area contributed by atoms with Crippen LogP contribution in [0.4, 0.5) is 8.78 Å². The average molecular weight is 334 g/mol. The molecule has 2 N–H and O–H groups in total. The van der Waals surface area contributed by atoms with Gasteiger partial charge in [0.05, 0.1) is 12.7 Å². The number of aryl methyl sites for hydroxylation is 1. The Bertz CT molecular complexity index is 964. The largest absolute Gasteiger partial charge is 0.350 e. The molecule has 0 bridgehead atoms. The molecule has 0 fully saturated rings. The summed E-state index contributed by atoms with van der Waals surface area (Å²) in [6.45, 7) is 2.07. The number of pyridine rings is 1. The van der Waals surface area contributed by atoms with Crippen LogP contribution in [-0.2, 0) is 13.1 Å². The summed E-state index contributed by atoms with van der Waals surface area (Å²) in [4.78, 5) is 12.2. The van der Waals surface area contributed by atoms with Crippen LogP contribution in [0.3, 0.4) is 0 Å². The van der Waals surface area contributed by atoms with Crippen molar-refractivity contribution in [2.45, 2.75) is 20.0 Å². The molecule has 0 radical (unpaired) electrons. The van der Waals surface area contributed by atoms with Crippen molar-refractivity contribution in [3.63, 3.8) is 0 Å². The van der Waals surface area contributed by atoms with E-state index in [9.17, 15) is 13.6 Å². The van der Waals surface area contributed by atoms with Crippen LogP contribution in [-0.4, -0.2) is 30.5 Å². The zero-order valence-corrected chi connectivity index (χ0v) is 13.0. The third kappa shape index (κ3) is 2.85. The van der Waals surface area contributed by atoms with Gasteiger partial charge < -0.3 is 5.73 Å². The molecule has 0 atom stereocenters. The summed E-state index contributed by atoms with van der Waals surface area (Å²) in [7, 11) is 0. The molecule has 7 nitrogen and oxygen atoms in total. The number of hydrogen-bond donors (Lipinski definition) is 1. The molecule has 3 aromatic heterocycles. The van der Waals surface area contributed by atoms with Crippen molar-refractivity contribution in [1.82, 2.24) is 24.0 Å². The molecule has 9 heteroatoms. The number of hydrogen-bond acceptors (Lipinski definition) is 4. The molecule has 0 aliphatic rings. The Kier molecular flexibility index (Phi) is 4.26. The minimum absolute atomic E-state index is 0.315. The van der Waals surface area contributed by atoms with Gasteiger partial charge in [0.15, 0.2) is 5.65 Å². The van der Waals surface area contributed by atoms with Crippen LogP contribution < -0.4 is 11.4 Å². The van der Waals surface area contributed by atoms with E-state index in [1.54, 1.807) is 29.2 Å². The van der Waals surface area contributed by atoms with Gasteiger partial charge in [0.25, 0.3) is 6.08 Å². The maximum Gasteiger partial charge on any atom is 0.350 e. The molecule has 0 unspecified atom stereocenters. The molecule has 0 saturated carbocycles. The molecule has 24 heavy (non-hydrogen) atoms. The number of fused-ring (bicyclic) bond motifs is 1. The van der Waals surface area contributed by atoms with Crippen molar-refractivity contribution in [1.29, 1.82) is 0 Å².